The van der Waals surface area contributed by atoms with E-state index in [1.54, 1.807) is 0 Å². The van der Waals surface area contributed by atoms with Crippen LogP contribution in [0.1, 0.15) is 154 Å². The van der Waals surface area contributed by atoms with Gasteiger partial charge in [0.1, 0.15) is 0 Å². The van der Waals surface area contributed by atoms with Crippen molar-refractivity contribution in [1.29, 1.82) is 0 Å². The molecule has 0 fully saturated rings. The highest BCUT2D eigenvalue weighted by Crippen LogP contribution is 2.15. The van der Waals surface area contributed by atoms with Crippen LogP contribution >= 0.6 is 0 Å². The van der Waals surface area contributed by atoms with Crippen molar-refractivity contribution in [3.05, 3.63) is 36.5 Å². The maximum Gasteiger partial charge on any atom is -0.0348 e. The Hall–Kier alpha value is -0.780. The van der Waals surface area contributed by atoms with Gasteiger partial charge in [0, 0.05) is 0 Å². The zero-order valence-electron chi connectivity index (χ0n) is 20.4. The molecule has 0 aromatic carbocycles. The Morgan fingerprint density at radius 3 is 0.633 bits per heavy atom. The average molecular weight is 415 g/mol. The summed E-state index contributed by atoms with van der Waals surface area (Å²) in [4.78, 5) is 0. The molecule has 0 heteroatoms. The van der Waals surface area contributed by atoms with Crippen molar-refractivity contribution < 1.29 is 0 Å². The maximum absolute atomic E-state index is 2.34. The van der Waals surface area contributed by atoms with Crippen LogP contribution < -0.4 is 0 Å². The predicted molar refractivity (Wildman–Crippen MR) is 138 cm³/mol. The Bertz CT molecular complexity index is 362. The van der Waals surface area contributed by atoms with Gasteiger partial charge < -0.3 is 0 Å². The molecule has 0 N–H and O–H groups in total. The van der Waals surface area contributed by atoms with Crippen LogP contribution in [-0.4, -0.2) is 0 Å². The number of hydrogen-bond acceptors (Lipinski definition) is 0. The lowest BCUT2D eigenvalue weighted by molar-refractivity contribution is 0.518. The molecule has 1 rings (SSSR count). The van der Waals surface area contributed by atoms with Gasteiger partial charge in [-0.1, -0.05) is 165 Å². The minimum absolute atomic E-state index is 1.24. The Morgan fingerprint density at radius 1 is 0.200 bits per heavy atom. The molecule has 0 atom stereocenters. The van der Waals surface area contributed by atoms with Crippen LogP contribution in [0.3, 0.4) is 0 Å². The second kappa shape index (κ2) is 24.5. The summed E-state index contributed by atoms with van der Waals surface area (Å²) in [5, 5.41) is 0. The lowest BCUT2D eigenvalue weighted by atomic mass is 10.0. The molecule has 0 aliphatic heterocycles. The molecule has 0 bridgehead atoms. The van der Waals surface area contributed by atoms with Crippen LogP contribution in [0.4, 0.5) is 0 Å². The van der Waals surface area contributed by atoms with Gasteiger partial charge in [0.15, 0.2) is 0 Å². The van der Waals surface area contributed by atoms with E-state index in [9.17, 15) is 0 Å². The van der Waals surface area contributed by atoms with Gasteiger partial charge in [-0.25, -0.2) is 0 Å². The van der Waals surface area contributed by atoms with Crippen molar-refractivity contribution in [2.45, 2.75) is 154 Å². The first kappa shape index (κ1) is 27.3. The number of rotatable bonds is 0. The van der Waals surface area contributed by atoms with Crippen molar-refractivity contribution in [2.24, 2.45) is 0 Å². The molecule has 174 valence electrons. The summed E-state index contributed by atoms with van der Waals surface area (Å²) >= 11 is 0. The molecule has 0 unspecified atom stereocenters. The van der Waals surface area contributed by atoms with Crippen LogP contribution in [0.2, 0.25) is 0 Å². The molecule has 0 radical (unpaired) electrons. The van der Waals surface area contributed by atoms with Gasteiger partial charge in [-0.05, 0) is 25.7 Å². The minimum atomic E-state index is 1.24. The molecule has 0 aromatic rings. The van der Waals surface area contributed by atoms with Crippen molar-refractivity contribution >= 4 is 0 Å². The second-order valence-corrected chi connectivity index (χ2v) is 9.60. The third kappa shape index (κ3) is 21.9. The summed E-state index contributed by atoms with van der Waals surface area (Å²) in [6, 6.07) is 0. The van der Waals surface area contributed by atoms with E-state index in [-0.39, 0.29) is 0 Å². The van der Waals surface area contributed by atoms with Gasteiger partial charge in [0.2, 0.25) is 0 Å². The molecule has 0 spiro atoms. The van der Waals surface area contributed by atoms with Crippen LogP contribution in [0, 0.1) is 0 Å². The van der Waals surface area contributed by atoms with E-state index < -0.39 is 0 Å². The van der Waals surface area contributed by atoms with Crippen molar-refractivity contribution in [2.75, 3.05) is 0 Å². The summed E-state index contributed by atoms with van der Waals surface area (Å²) in [6.07, 6.45) is 48.0. The van der Waals surface area contributed by atoms with E-state index in [0.29, 0.717) is 0 Å². The SMILES string of the molecule is C1=CCCCCCCCCCCCCCCCCCCCCCCCC/C=C\C=C\1. The van der Waals surface area contributed by atoms with Crippen LogP contribution in [0.25, 0.3) is 0 Å². The zero-order chi connectivity index (χ0) is 21.2. The largest absolute Gasteiger partial charge is 0.0845 e. The van der Waals surface area contributed by atoms with Crippen molar-refractivity contribution in [1.82, 2.24) is 0 Å². The fourth-order valence-electron chi connectivity index (χ4n) is 4.54. The lowest BCUT2D eigenvalue weighted by Crippen LogP contribution is -1.84. The number of allylic oxidation sites excluding steroid dienone is 6. The van der Waals surface area contributed by atoms with E-state index in [4.69, 9.17) is 0 Å². The van der Waals surface area contributed by atoms with Gasteiger partial charge in [-0.2, -0.15) is 0 Å². The topological polar surface area (TPSA) is 0 Å². The third-order valence-electron chi connectivity index (χ3n) is 6.60. The third-order valence-corrected chi connectivity index (χ3v) is 6.60. The van der Waals surface area contributed by atoms with Gasteiger partial charge in [-0.3, -0.25) is 0 Å². The predicted octanol–water partition coefficient (Wildman–Crippen LogP) is 11.0. The highest BCUT2D eigenvalue weighted by Gasteiger charge is 1.96. The van der Waals surface area contributed by atoms with E-state index >= 15 is 0 Å². The summed E-state index contributed by atoms with van der Waals surface area (Å²) in [5.74, 6) is 0. The monoisotopic (exact) mass is 414 g/mol. The Balaban J connectivity index is 2.11. The molecule has 0 heterocycles. The first-order valence-electron chi connectivity index (χ1n) is 14.0. The van der Waals surface area contributed by atoms with E-state index in [0.717, 1.165) is 0 Å². The second-order valence-electron chi connectivity index (χ2n) is 9.60. The summed E-state index contributed by atoms with van der Waals surface area (Å²) in [7, 11) is 0. The minimum Gasteiger partial charge on any atom is -0.0845 e. The Kier molecular flexibility index (Phi) is 22.2. The first-order chi connectivity index (χ1) is 15.0. The van der Waals surface area contributed by atoms with E-state index in [1.165, 1.54) is 154 Å². The molecular formula is C30H54. The quantitative estimate of drug-likeness (QED) is 0.369. The van der Waals surface area contributed by atoms with Crippen LogP contribution in [0.15, 0.2) is 36.5 Å². The Morgan fingerprint density at radius 2 is 0.400 bits per heavy atom. The maximum atomic E-state index is 2.34. The van der Waals surface area contributed by atoms with Gasteiger partial charge in [0.25, 0.3) is 0 Å². The lowest BCUT2D eigenvalue weighted by Gasteiger charge is -2.04. The molecule has 1 aliphatic rings. The van der Waals surface area contributed by atoms with Crippen molar-refractivity contribution in [3.63, 3.8) is 0 Å². The zero-order valence-corrected chi connectivity index (χ0v) is 20.4. The van der Waals surface area contributed by atoms with Gasteiger partial charge >= 0.3 is 0 Å². The van der Waals surface area contributed by atoms with Gasteiger partial charge in [0.05, 0.1) is 0 Å². The highest BCUT2D eigenvalue weighted by atomic mass is 14.0. The first-order valence-corrected chi connectivity index (χ1v) is 14.0. The molecule has 0 nitrogen and oxygen atoms in total. The van der Waals surface area contributed by atoms with Crippen LogP contribution in [-0.2, 0) is 0 Å². The summed E-state index contributed by atoms with van der Waals surface area (Å²) in [5.41, 5.74) is 0. The fraction of sp³-hybridized carbons (Fsp3) is 0.800. The van der Waals surface area contributed by atoms with E-state index in [2.05, 4.69) is 36.5 Å². The molecule has 0 amide bonds. The molecule has 0 saturated carbocycles. The van der Waals surface area contributed by atoms with Crippen molar-refractivity contribution in [3.8, 4) is 0 Å². The summed E-state index contributed by atoms with van der Waals surface area (Å²) < 4.78 is 0. The summed E-state index contributed by atoms with van der Waals surface area (Å²) in [6.45, 7) is 0. The average Bonchev–Trinajstić information content (AvgIpc) is 2.76. The van der Waals surface area contributed by atoms with Crippen LogP contribution in [0.5, 0.6) is 0 Å². The molecule has 0 aromatic heterocycles. The van der Waals surface area contributed by atoms with E-state index in [1.807, 2.05) is 0 Å². The molecular weight excluding hydrogens is 360 g/mol. The molecule has 30 heavy (non-hydrogen) atoms. The van der Waals surface area contributed by atoms with Gasteiger partial charge in [-0.15, -0.1) is 0 Å². The Labute approximate surface area is 190 Å². The number of hydrogen-bond donors (Lipinski definition) is 0. The molecule has 1 aliphatic carbocycles. The highest BCUT2D eigenvalue weighted by molar-refractivity contribution is 5.10. The molecule has 0 saturated heterocycles. The normalized spacial score (nSPS) is 24.5. The smallest absolute Gasteiger partial charge is 0.0348 e. The standard InChI is InChI=1S/C30H54/c1-2-4-6-8-10-12-14-16-18-20-22-24-26-28-30-29-27-25-23-21-19-17-15-13-11-9-7-5-3-1/h1-6H,7-30H2/b2-1+,5-3-,6-4?. The fourth-order valence-corrected chi connectivity index (χ4v) is 4.54.